The zero-order valence-corrected chi connectivity index (χ0v) is 25.3. The number of fused-ring (bicyclic) bond motifs is 8. The molecule has 0 atom stereocenters. The first-order valence-corrected chi connectivity index (χ1v) is 15.1. The molecular formula is C38H30N4O4. The van der Waals surface area contributed by atoms with Gasteiger partial charge in [0.05, 0.1) is 47.1 Å². The lowest BCUT2D eigenvalue weighted by Gasteiger charge is -2.06. The molecule has 0 spiro atoms. The number of H-pyrrole nitrogens is 2. The zero-order chi connectivity index (χ0) is 31.6. The second-order valence-corrected chi connectivity index (χ2v) is 10.8. The number of aromatic amines is 2. The lowest BCUT2D eigenvalue weighted by molar-refractivity contribution is 0.0517. The Morgan fingerprint density at radius 2 is 0.978 bits per heavy atom. The third kappa shape index (κ3) is 5.64. The average molecular weight is 607 g/mol. The fourth-order valence-electron chi connectivity index (χ4n) is 5.66. The number of rotatable bonds is 6. The Labute approximate surface area is 265 Å². The number of nitrogens with zero attached hydrogens (tertiary/aromatic N) is 2. The molecule has 0 radical (unpaired) electrons. The SMILES string of the molecule is CCOC(=O)c1ccc(-c2c3nc(cc4ccc([nH]4)c(-c4ccc(C(=O)OCC)cc4)c4nc(cc5ccc2[nH]5)C=C4)C=C3)cc1. The van der Waals surface area contributed by atoms with Crippen LogP contribution >= 0.6 is 0 Å². The summed E-state index contributed by atoms with van der Waals surface area (Å²) in [6.45, 7) is 4.23. The normalized spacial score (nSPS) is 11.9. The number of hydrogen-bond acceptors (Lipinski definition) is 6. The molecule has 5 aromatic rings. The van der Waals surface area contributed by atoms with Gasteiger partial charge in [0, 0.05) is 33.2 Å². The van der Waals surface area contributed by atoms with Crippen LogP contribution in [-0.2, 0) is 9.47 Å². The summed E-state index contributed by atoms with van der Waals surface area (Å²) < 4.78 is 10.3. The quantitative estimate of drug-likeness (QED) is 0.184. The van der Waals surface area contributed by atoms with Gasteiger partial charge in [0.1, 0.15) is 0 Å². The van der Waals surface area contributed by atoms with Crippen molar-refractivity contribution in [3.05, 3.63) is 119 Å². The van der Waals surface area contributed by atoms with Gasteiger partial charge in [-0.15, -0.1) is 0 Å². The Morgan fingerprint density at radius 3 is 1.37 bits per heavy atom. The van der Waals surface area contributed by atoms with Gasteiger partial charge >= 0.3 is 11.9 Å². The number of aromatic nitrogens is 4. The maximum atomic E-state index is 12.3. The fourth-order valence-corrected chi connectivity index (χ4v) is 5.66. The number of hydrogen-bond donors (Lipinski definition) is 2. The fraction of sp³-hybridized carbons (Fsp3) is 0.105. The molecule has 0 unspecified atom stereocenters. The van der Waals surface area contributed by atoms with Gasteiger partial charge in [0.2, 0.25) is 0 Å². The lowest BCUT2D eigenvalue weighted by Crippen LogP contribution is -2.04. The number of benzene rings is 2. The van der Waals surface area contributed by atoms with E-state index in [1.807, 2.05) is 85.0 Å². The van der Waals surface area contributed by atoms with E-state index in [0.717, 1.165) is 67.1 Å². The van der Waals surface area contributed by atoms with E-state index < -0.39 is 0 Å². The highest BCUT2D eigenvalue weighted by Crippen LogP contribution is 2.32. The Hall–Kier alpha value is -6.02. The molecule has 226 valence electrons. The molecule has 2 aliphatic heterocycles. The molecule has 0 saturated carbocycles. The highest BCUT2D eigenvalue weighted by atomic mass is 16.5. The molecule has 0 aliphatic carbocycles. The summed E-state index contributed by atoms with van der Waals surface area (Å²) >= 11 is 0. The van der Waals surface area contributed by atoms with Gasteiger partial charge < -0.3 is 19.4 Å². The zero-order valence-electron chi connectivity index (χ0n) is 25.3. The summed E-state index contributed by atoms with van der Waals surface area (Å²) in [5.74, 6) is -0.698. The maximum Gasteiger partial charge on any atom is 0.338 e. The van der Waals surface area contributed by atoms with Crippen molar-refractivity contribution in [3.8, 4) is 22.3 Å². The number of carbonyl (C=O) groups excluding carboxylic acids is 2. The first-order chi connectivity index (χ1) is 22.5. The van der Waals surface area contributed by atoms with E-state index in [-0.39, 0.29) is 11.9 Å². The van der Waals surface area contributed by atoms with Crippen molar-refractivity contribution in [2.24, 2.45) is 0 Å². The molecule has 2 aliphatic rings. The van der Waals surface area contributed by atoms with Crippen molar-refractivity contribution in [1.29, 1.82) is 0 Å². The van der Waals surface area contributed by atoms with Gasteiger partial charge in [-0.05, 0) is 110 Å². The summed E-state index contributed by atoms with van der Waals surface area (Å²) in [7, 11) is 0. The molecule has 8 heteroatoms. The first-order valence-electron chi connectivity index (χ1n) is 15.1. The van der Waals surface area contributed by atoms with E-state index in [1.54, 1.807) is 38.1 Å². The van der Waals surface area contributed by atoms with Crippen LogP contribution in [0.2, 0.25) is 0 Å². The standard InChI is InChI=1S/C38H30N4O4/c1-3-45-37(43)25-9-5-23(6-10-25)35-31-17-13-27(39-31)21-29-15-19-33(41-29)36(24-7-11-26(12-8-24)38(44)46-4-2)34-20-16-30(42-34)22-28-14-18-32(35)40-28/h5-22,39,42H,3-4H2,1-2H3. The van der Waals surface area contributed by atoms with Crippen molar-refractivity contribution in [3.63, 3.8) is 0 Å². The van der Waals surface area contributed by atoms with E-state index in [0.29, 0.717) is 24.3 Å². The van der Waals surface area contributed by atoms with Crippen LogP contribution < -0.4 is 0 Å². The van der Waals surface area contributed by atoms with E-state index in [1.165, 1.54) is 0 Å². The minimum absolute atomic E-state index is 0.321. The van der Waals surface area contributed by atoms with E-state index >= 15 is 0 Å². The molecular weight excluding hydrogens is 576 g/mol. The number of carbonyl (C=O) groups is 2. The molecule has 3 aromatic heterocycles. The predicted molar refractivity (Wildman–Crippen MR) is 182 cm³/mol. The summed E-state index contributed by atoms with van der Waals surface area (Å²) in [5, 5.41) is 0. The topological polar surface area (TPSA) is 110 Å². The van der Waals surface area contributed by atoms with E-state index in [4.69, 9.17) is 19.4 Å². The minimum atomic E-state index is -0.349. The van der Waals surface area contributed by atoms with Crippen LogP contribution in [0.4, 0.5) is 0 Å². The lowest BCUT2D eigenvalue weighted by atomic mass is 10.0. The Bertz CT molecular complexity index is 2050. The van der Waals surface area contributed by atoms with Crippen LogP contribution in [0.1, 0.15) is 57.3 Å². The molecule has 5 heterocycles. The summed E-state index contributed by atoms with van der Waals surface area (Å²) in [6.07, 6.45) is 7.97. The number of ether oxygens (including phenoxy) is 2. The highest BCUT2D eigenvalue weighted by molar-refractivity contribution is 5.95. The molecule has 46 heavy (non-hydrogen) atoms. The third-order valence-electron chi connectivity index (χ3n) is 7.77. The second kappa shape index (κ2) is 12.2. The average Bonchev–Trinajstić information content (AvgIpc) is 3.89. The van der Waals surface area contributed by atoms with Gasteiger partial charge in [-0.1, -0.05) is 24.3 Å². The Balaban J connectivity index is 1.42. The summed E-state index contributed by atoms with van der Waals surface area (Å²) in [5.41, 5.74) is 11.4. The molecule has 7 rings (SSSR count). The highest BCUT2D eigenvalue weighted by Gasteiger charge is 2.15. The minimum Gasteiger partial charge on any atom is -0.462 e. The van der Waals surface area contributed by atoms with Crippen molar-refractivity contribution in [2.45, 2.75) is 13.8 Å². The van der Waals surface area contributed by atoms with E-state index in [9.17, 15) is 9.59 Å². The van der Waals surface area contributed by atoms with Crippen LogP contribution in [-0.4, -0.2) is 45.1 Å². The van der Waals surface area contributed by atoms with Crippen LogP contribution in [0.15, 0.2) is 84.9 Å². The van der Waals surface area contributed by atoms with Gasteiger partial charge in [-0.25, -0.2) is 19.6 Å². The maximum absolute atomic E-state index is 12.3. The van der Waals surface area contributed by atoms with Gasteiger partial charge in [0.15, 0.2) is 0 Å². The van der Waals surface area contributed by atoms with Crippen LogP contribution in [0.5, 0.6) is 0 Å². The Morgan fingerprint density at radius 1 is 0.565 bits per heavy atom. The molecule has 0 fully saturated rings. The summed E-state index contributed by atoms with van der Waals surface area (Å²) in [6, 6.07) is 26.9. The molecule has 8 nitrogen and oxygen atoms in total. The Kier molecular flexibility index (Phi) is 7.60. The van der Waals surface area contributed by atoms with Crippen molar-refractivity contribution in [1.82, 2.24) is 19.9 Å². The largest absolute Gasteiger partial charge is 0.462 e. The smallest absolute Gasteiger partial charge is 0.338 e. The van der Waals surface area contributed by atoms with Crippen LogP contribution in [0, 0.1) is 0 Å². The molecule has 2 aromatic carbocycles. The van der Waals surface area contributed by atoms with Gasteiger partial charge in [-0.2, -0.15) is 0 Å². The second-order valence-electron chi connectivity index (χ2n) is 10.8. The number of nitrogens with one attached hydrogen (secondary N) is 2. The van der Waals surface area contributed by atoms with Crippen molar-refractivity contribution < 1.29 is 19.1 Å². The molecule has 2 N–H and O–H groups in total. The van der Waals surface area contributed by atoms with E-state index in [2.05, 4.69) is 9.97 Å². The molecule has 8 bridgehead atoms. The van der Waals surface area contributed by atoms with Crippen LogP contribution in [0.25, 0.3) is 68.6 Å². The van der Waals surface area contributed by atoms with Crippen molar-refractivity contribution in [2.75, 3.05) is 13.2 Å². The first kappa shape index (κ1) is 28.7. The monoisotopic (exact) mass is 606 g/mol. The molecule has 0 amide bonds. The van der Waals surface area contributed by atoms with Gasteiger partial charge in [0.25, 0.3) is 0 Å². The molecule has 0 saturated heterocycles. The summed E-state index contributed by atoms with van der Waals surface area (Å²) in [4.78, 5) is 41.6. The van der Waals surface area contributed by atoms with Gasteiger partial charge in [-0.3, -0.25) is 0 Å². The third-order valence-corrected chi connectivity index (χ3v) is 7.77. The predicted octanol–water partition coefficient (Wildman–Crippen LogP) is 8.34. The van der Waals surface area contributed by atoms with Crippen molar-refractivity contribution >= 4 is 58.3 Å². The van der Waals surface area contributed by atoms with Crippen LogP contribution in [0.3, 0.4) is 0 Å². The number of esters is 2.